The number of carbonyl (C=O) groups is 2. The third kappa shape index (κ3) is 2.51. The number of benzene rings is 1. The third-order valence-corrected chi connectivity index (χ3v) is 3.43. The molecule has 0 unspecified atom stereocenters. The van der Waals surface area contributed by atoms with Crippen molar-refractivity contribution in [1.82, 2.24) is 0 Å². The first-order valence-corrected chi connectivity index (χ1v) is 5.53. The molecule has 1 rings (SSSR count). The van der Waals surface area contributed by atoms with E-state index in [4.69, 9.17) is 11.6 Å². The zero-order chi connectivity index (χ0) is 14.1. The maximum atomic E-state index is 13.4. The number of aldehydes is 1. The molecule has 3 nitrogen and oxygen atoms in total. The van der Waals surface area contributed by atoms with Crippen molar-refractivity contribution < 1.29 is 27.5 Å². The Morgan fingerprint density at radius 3 is 2.56 bits per heavy atom. The highest BCUT2D eigenvalue weighted by molar-refractivity contribution is 9.10. The molecule has 0 aliphatic heterocycles. The molecule has 0 N–H and O–H groups in total. The summed E-state index contributed by atoms with van der Waals surface area (Å²) in [5.41, 5.74) is -1.90. The number of ether oxygens (including phenoxy) is 1. The predicted octanol–water partition coefficient (Wildman–Crippen LogP) is 3.32. The molecule has 0 aliphatic rings. The fraction of sp³-hybridized carbons (Fsp3) is 0.200. The van der Waals surface area contributed by atoms with Gasteiger partial charge in [-0.05, 0) is 22.0 Å². The molecule has 1 aromatic carbocycles. The largest absolute Gasteiger partial charge is 0.465 e. The van der Waals surface area contributed by atoms with E-state index in [-0.39, 0.29) is 0 Å². The van der Waals surface area contributed by atoms with E-state index >= 15 is 0 Å². The van der Waals surface area contributed by atoms with Crippen LogP contribution in [0.1, 0.15) is 15.9 Å². The molecular formula is C10H5BrClF3O3. The van der Waals surface area contributed by atoms with Crippen LogP contribution in [0.5, 0.6) is 0 Å². The summed E-state index contributed by atoms with van der Waals surface area (Å²) in [6.45, 7) is 0. The first-order chi connectivity index (χ1) is 8.26. The highest BCUT2D eigenvalue weighted by atomic mass is 79.9. The molecule has 0 saturated heterocycles. The van der Waals surface area contributed by atoms with E-state index < -0.39 is 44.6 Å². The standard InChI is InChI=1S/C10H5BrClF3O3/c1-18-9(17)4-2-5(13)7(11)8(12)6(4)10(14,15)3-16/h2-3H,1H3. The van der Waals surface area contributed by atoms with Crippen LogP contribution in [-0.4, -0.2) is 19.4 Å². The topological polar surface area (TPSA) is 43.4 Å². The molecule has 0 spiro atoms. The van der Waals surface area contributed by atoms with Crippen molar-refractivity contribution in [2.75, 3.05) is 7.11 Å². The average molecular weight is 345 g/mol. The van der Waals surface area contributed by atoms with E-state index in [1.54, 1.807) is 0 Å². The molecule has 18 heavy (non-hydrogen) atoms. The lowest BCUT2D eigenvalue weighted by atomic mass is 10.0. The SMILES string of the molecule is COC(=O)c1cc(F)c(Br)c(Cl)c1C(F)(F)C=O. The van der Waals surface area contributed by atoms with Crippen LogP contribution in [0.2, 0.25) is 5.02 Å². The van der Waals surface area contributed by atoms with Gasteiger partial charge in [0, 0.05) is 0 Å². The number of rotatable bonds is 3. The monoisotopic (exact) mass is 344 g/mol. The Labute approximate surface area is 113 Å². The van der Waals surface area contributed by atoms with E-state index in [1.165, 1.54) is 0 Å². The zero-order valence-electron chi connectivity index (χ0n) is 8.77. The third-order valence-electron chi connectivity index (χ3n) is 2.05. The molecule has 0 aliphatic carbocycles. The van der Waals surface area contributed by atoms with E-state index in [2.05, 4.69) is 20.7 Å². The number of carbonyl (C=O) groups excluding carboxylic acids is 2. The molecule has 0 aromatic heterocycles. The highest BCUT2D eigenvalue weighted by Crippen LogP contribution is 2.40. The number of hydrogen-bond acceptors (Lipinski definition) is 3. The summed E-state index contributed by atoms with van der Waals surface area (Å²) in [7, 11) is 0.930. The summed E-state index contributed by atoms with van der Waals surface area (Å²) in [4.78, 5) is 21.7. The van der Waals surface area contributed by atoms with Gasteiger partial charge in [0.05, 0.1) is 27.7 Å². The molecule has 0 radical (unpaired) electrons. The van der Waals surface area contributed by atoms with Gasteiger partial charge < -0.3 is 4.74 Å². The van der Waals surface area contributed by atoms with Crippen molar-refractivity contribution in [3.05, 3.63) is 32.5 Å². The molecular weight excluding hydrogens is 340 g/mol. The van der Waals surface area contributed by atoms with Crippen LogP contribution in [0.25, 0.3) is 0 Å². The quantitative estimate of drug-likeness (QED) is 0.479. The smallest absolute Gasteiger partial charge is 0.338 e. The van der Waals surface area contributed by atoms with Gasteiger partial charge in [-0.2, -0.15) is 8.78 Å². The van der Waals surface area contributed by atoms with E-state index in [0.29, 0.717) is 6.07 Å². The predicted molar refractivity (Wildman–Crippen MR) is 60.4 cm³/mol. The van der Waals surface area contributed by atoms with Gasteiger partial charge in [-0.15, -0.1) is 0 Å². The Morgan fingerprint density at radius 2 is 2.11 bits per heavy atom. The fourth-order valence-electron chi connectivity index (χ4n) is 1.25. The lowest BCUT2D eigenvalue weighted by Crippen LogP contribution is -2.21. The van der Waals surface area contributed by atoms with Gasteiger partial charge in [0.15, 0.2) is 6.29 Å². The molecule has 0 heterocycles. The van der Waals surface area contributed by atoms with Crippen molar-refractivity contribution in [3.8, 4) is 0 Å². The summed E-state index contributed by atoms with van der Waals surface area (Å²) in [6.07, 6.45) is -0.689. The maximum Gasteiger partial charge on any atom is 0.338 e. The Kier molecular flexibility index (Phi) is 4.39. The van der Waals surface area contributed by atoms with Crippen molar-refractivity contribution in [2.45, 2.75) is 5.92 Å². The van der Waals surface area contributed by atoms with Gasteiger partial charge in [-0.1, -0.05) is 11.6 Å². The van der Waals surface area contributed by atoms with Crippen LogP contribution in [0.15, 0.2) is 10.5 Å². The van der Waals surface area contributed by atoms with Crippen LogP contribution in [-0.2, 0) is 15.5 Å². The van der Waals surface area contributed by atoms with Crippen LogP contribution < -0.4 is 0 Å². The molecule has 0 saturated carbocycles. The number of esters is 1. The van der Waals surface area contributed by atoms with Crippen LogP contribution in [0.4, 0.5) is 13.2 Å². The summed E-state index contributed by atoms with van der Waals surface area (Å²) < 4.78 is 43.9. The Bertz CT molecular complexity index is 520. The first-order valence-electron chi connectivity index (χ1n) is 4.36. The summed E-state index contributed by atoms with van der Waals surface area (Å²) in [5, 5.41) is -0.757. The fourth-order valence-corrected chi connectivity index (χ4v) is 1.88. The summed E-state index contributed by atoms with van der Waals surface area (Å²) in [6, 6.07) is 0.522. The summed E-state index contributed by atoms with van der Waals surface area (Å²) in [5.74, 6) is -6.28. The molecule has 0 amide bonds. The normalized spacial score (nSPS) is 11.2. The minimum absolute atomic E-state index is 0.464. The number of methoxy groups -OCH3 is 1. The second-order valence-corrected chi connectivity index (χ2v) is 4.31. The first kappa shape index (κ1) is 15.0. The van der Waals surface area contributed by atoms with Crippen molar-refractivity contribution in [1.29, 1.82) is 0 Å². The molecule has 8 heteroatoms. The molecule has 0 fully saturated rings. The Balaban J connectivity index is 3.70. The molecule has 0 bridgehead atoms. The zero-order valence-corrected chi connectivity index (χ0v) is 11.1. The Morgan fingerprint density at radius 1 is 1.56 bits per heavy atom. The van der Waals surface area contributed by atoms with Crippen LogP contribution in [0, 0.1) is 5.82 Å². The van der Waals surface area contributed by atoms with Gasteiger partial charge in [0.1, 0.15) is 5.82 Å². The van der Waals surface area contributed by atoms with Crippen molar-refractivity contribution in [2.24, 2.45) is 0 Å². The number of halogens is 5. The lowest BCUT2D eigenvalue weighted by molar-refractivity contribution is -0.130. The number of alkyl halides is 2. The van der Waals surface area contributed by atoms with E-state index in [1.807, 2.05) is 0 Å². The lowest BCUT2D eigenvalue weighted by Gasteiger charge is -2.16. The summed E-state index contributed by atoms with van der Waals surface area (Å²) >= 11 is 8.18. The molecule has 1 aromatic rings. The second kappa shape index (κ2) is 5.27. The maximum absolute atomic E-state index is 13.4. The van der Waals surface area contributed by atoms with Gasteiger partial charge in [-0.25, -0.2) is 9.18 Å². The molecule has 98 valence electrons. The van der Waals surface area contributed by atoms with E-state index in [0.717, 1.165) is 7.11 Å². The van der Waals surface area contributed by atoms with Crippen molar-refractivity contribution >= 4 is 39.8 Å². The van der Waals surface area contributed by atoms with Gasteiger partial charge >= 0.3 is 11.9 Å². The average Bonchev–Trinajstić information content (AvgIpc) is 2.33. The van der Waals surface area contributed by atoms with Gasteiger partial charge in [0.2, 0.25) is 0 Å². The Hall–Kier alpha value is -1.08. The van der Waals surface area contributed by atoms with Crippen molar-refractivity contribution in [3.63, 3.8) is 0 Å². The number of hydrogen-bond donors (Lipinski definition) is 0. The minimum Gasteiger partial charge on any atom is -0.465 e. The highest BCUT2D eigenvalue weighted by Gasteiger charge is 2.39. The van der Waals surface area contributed by atoms with Crippen LogP contribution >= 0.6 is 27.5 Å². The van der Waals surface area contributed by atoms with Crippen LogP contribution in [0.3, 0.4) is 0 Å². The van der Waals surface area contributed by atoms with Gasteiger partial charge in [-0.3, -0.25) is 4.79 Å². The minimum atomic E-state index is -4.03. The van der Waals surface area contributed by atoms with E-state index in [9.17, 15) is 22.8 Å². The molecule has 0 atom stereocenters. The van der Waals surface area contributed by atoms with Gasteiger partial charge in [0.25, 0.3) is 0 Å². The second-order valence-electron chi connectivity index (χ2n) is 3.14.